The van der Waals surface area contributed by atoms with Crippen LogP contribution in [0.1, 0.15) is 35.3 Å². The third-order valence-electron chi connectivity index (χ3n) is 4.95. The molecule has 3 aromatic rings. The fourth-order valence-electron chi connectivity index (χ4n) is 3.06. The molecule has 0 radical (unpaired) electrons. The van der Waals surface area contributed by atoms with Crippen LogP contribution < -0.4 is 15.5 Å². The fraction of sp³-hybridized carbons (Fsp3) is 0.192. The van der Waals surface area contributed by atoms with E-state index in [1.165, 1.54) is 30.5 Å². The minimum Gasteiger partial charge on any atom is -0.488 e. The lowest BCUT2D eigenvalue weighted by molar-refractivity contribution is -0.123. The quantitative estimate of drug-likeness (QED) is 0.335. The van der Waals surface area contributed by atoms with Crippen molar-refractivity contribution in [2.45, 2.75) is 26.5 Å². The number of hydrogen-bond donors (Lipinski definition) is 2. The van der Waals surface area contributed by atoms with E-state index in [-0.39, 0.29) is 11.5 Å². The Kier molecular flexibility index (Phi) is 8.76. The van der Waals surface area contributed by atoms with Crippen LogP contribution in [0.25, 0.3) is 0 Å². The molecule has 176 valence electrons. The van der Waals surface area contributed by atoms with E-state index in [1.807, 2.05) is 30.3 Å². The van der Waals surface area contributed by atoms with E-state index in [1.54, 1.807) is 32.0 Å². The molecule has 1 unspecified atom stereocenters. The lowest BCUT2D eigenvalue weighted by atomic mass is 10.0. The largest absolute Gasteiger partial charge is 0.488 e. The highest BCUT2D eigenvalue weighted by Gasteiger charge is 2.24. The van der Waals surface area contributed by atoms with Gasteiger partial charge in [-0.05, 0) is 60.0 Å². The predicted octanol–water partition coefficient (Wildman–Crippen LogP) is 4.96. The summed E-state index contributed by atoms with van der Waals surface area (Å²) >= 11 is 5.91. The Balaban J connectivity index is 1.61. The summed E-state index contributed by atoms with van der Waals surface area (Å²) in [6.45, 7) is 3.96. The zero-order chi connectivity index (χ0) is 24.5. The summed E-state index contributed by atoms with van der Waals surface area (Å²) in [6, 6.07) is 18.9. The third kappa shape index (κ3) is 7.15. The van der Waals surface area contributed by atoms with Gasteiger partial charge in [0, 0.05) is 16.1 Å². The van der Waals surface area contributed by atoms with Crippen LogP contribution in [0.4, 0.5) is 4.39 Å². The Morgan fingerprint density at radius 1 is 1.03 bits per heavy atom. The molecule has 34 heavy (non-hydrogen) atoms. The molecule has 0 saturated carbocycles. The number of para-hydroxylation sites is 1. The molecule has 0 aliphatic carbocycles. The molecule has 0 heterocycles. The number of carbonyl (C=O) groups excluding carboxylic acids is 2. The van der Waals surface area contributed by atoms with Gasteiger partial charge in [0.1, 0.15) is 24.2 Å². The van der Waals surface area contributed by atoms with Gasteiger partial charge in [0.25, 0.3) is 11.8 Å². The smallest absolute Gasteiger partial charge is 0.262 e. The second-order valence-electron chi connectivity index (χ2n) is 7.89. The predicted molar refractivity (Wildman–Crippen MR) is 130 cm³/mol. The van der Waals surface area contributed by atoms with Crippen LogP contribution in [0.3, 0.4) is 0 Å². The van der Waals surface area contributed by atoms with Crippen molar-refractivity contribution in [3.63, 3.8) is 0 Å². The highest BCUT2D eigenvalue weighted by atomic mass is 35.5. The van der Waals surface area contributed by atoms with Gasteiger partial charge in [0.15, 0.2) is 0 Å². The van der Waals surface area contributed by atoms with E-state index in [9.17, 15) is 14.0 Å². The molecule has 0 aliphatic rings. The Hall–Kier alpha value is -3.71. The standard InChI is InChI=1S/C26H25ClFN3O3/c1-17(2)24(30-25(32)19-9-13-22(28)14-10-19)26(33)31-29-15-20-5-3-4-6-23(20)34-16-18-7-11-21(27)12-8-18/h3-15,17,24H,16H2,1-2H3,(H,30,32)(H,31,33). The highest BCUT2D eigenvalue weighted by Crippen LogP contribution is 2.18. The van der Waals surface area contributed by atoms with E-state index in [4.69, 9.17) is 16.3 Å². The van der Waals surface area contributed by atoms with E-state index >= 15 is 0 Å². The molecule has 0 spiro atoms. The van der Waals surface area contributed by atoms with Gasteiger partial charge in [-0.1, -0.05) is 49.7 Å². The first kappa shape index (κ1) is 24.9. The molecule has 0 aliphatic heterocycles. The molecule has 2 N–H and O–H groups in total. The topological polar surface area (TPSA) is 79.8 Å². The van der Waals surface area contributed by atoms with Crippen molar-refractivity contribution in [1.29, 1.82) is 0 Å². The van der Waals surface area contributed by atoms with Crippen LogP contribution in [0.2, 0.25) is 5.02 Å². The molecule has 2 amide bonds. The number of hydrogen-bond acceptors (Lipinski definition) is 4. The highest BCUT2D eigenvalue weighted by molar-refractivity contribution is 6.30. The van der Waals surface area contributed by atoms with Gasteiger partial charge in [-0.15, -0.1) is 0 Å². The Morgan fingerprint density at radius 3 is 2.38 bits per heavy atom. The van der Waals surface area contributed by atoms with Gasteiger partial charge in [-0.3, -0.25) is 9.59 Å². The number of nitrogens with zero attached hydrogens (tertiary/aromatic N) is 1. The number of benzene rings is 3. The lowest BCUT2D eigenvalue weighted by Crippen LogP contribution is -2.48. The van der Waals surface area contributed by atoms with Crippen molar-refractivity contribution in [3.05, 3.63) is 100 Å². The van der Waals surface area contributed by atoms with E-state index in [0.29, 0.717) is 22.9 Å². The van der Waals surface area contributed by atoms with Crippen molar-refractivity contribution < 1.29 is 18.7 Å². The first-order chi connectivity index (χ1) is 16.3. The molecule has 1 atom stereocenters. The summed E-state index contributed by atoms with van der Waals surface area (Å²) in [6.07, 6.45) is 1.48. The first-order valence-corrected chi connectivity index (χ1v) is 11.1. The van der Waals surface area contributed by atoms with Crippen LogP contribution in [0, 0.1) is 11.7 Å². The van der Waals surface area contributed by atoms with Crippen LogP contribution in [-0.2, 0) is 11.4 Å². The Bertz CT molecular complexity index is 1150. The van der Waals surface area contributed by atoms with Gasteiger partial charge in [0.2, 0.25) is 0 Å². The average Bonchev–Trinajstić information content (AvgIpc) is 2.83. The van der Waals surface area contributed by atoms with Crippen LogP contribution in [0.5, 0.6) is 5.75 Å². The van der Waals surface area contributed by atoms with E-state index in [2.05, 4.69) is 15.8 Å². The normalized spacial score (nSPS) is 11.9. The Labute approximate surface area is 202 Å². The Morgan fingerprint density at radius 2 is 1.71 bits per heavy atom. The molecule has 0 saturated heterocycles. The summed E-state index contributed by atoms with van der Waals surface area (Å²) in [7, 11) is 0. The minimum atomic E-state index is -0.828. The fourth-order valence-corrected chi connectivity index (χ4v) is 3.18. The number of rotatable bonds is 9. The van der Waals surface area contributed by atoms with Gasteiger partial charge in [-0.2, -0.15) is 5.10 Å². The van der Waals surface area contributed by atoms with Crippen molar-refractivity contribution >= 4 is 29.6 Å². The summed E-state index contributed by atoms with van der Waals surface area (Å²) in [4.78, 5) is 25.1. The zero-order valence-electron chi connectivity index (χ0n) is 18.8. The van der Waals surface area contributed by atoms with Crippen LogP contribution >= 0.6 is 11.6 Å². The monoisotopic (exact) mass is 481 g/mol. The van der Waals surface area contributed by atoms with Gasteiger partial charge < -0.3 is 10.1 Å². The summed E-state index contributed by atoms with van der Waals surface area (Å²) in [5, 5.41) is 7.37. The van der Waals surface area contributed by atoms with Gasteiger partial charge in [-0.25, -0.2) is 9.82 Å². The summed E-state index contributed by atoms with van der Waals surface area (Å²) in [5.74, 6) is -0.989. The number of halogens is 2. The van der Waals surface area contributed by atoms with Crippen molar-refractivity contribution in [2.24, 2.45) is 11.0 Å². The second kappa shape index (κ2) is 12.0. The number of ether oxygens (including phenoxy) is 1. The van der Waals surface area contributed by atoms with Crippen LogP contribution in [0.15, 0.2) is 77.9 Å². The summed E-state index contributed by atoms with van der Waals surface area (Å²) in [5.41, 5.74) is 4.36. The molecule has 6 nitrogen and oxygen atoms in total. The average molecular weight is 482 g/mol. The van der Waals surface area contributed by atoms with Crippen molar-refractivity contribution in [1.82, 2.24) is 10.7 Å². The van der Waals surface area contributed by atoms with Crippen molar-refractivity contribution in [3.8, 4) is 5.75 Å². The zero-order valence-corrected chi connectivity index (χ0v) is 19.6. The molecule has 8 heteroatoms. The van der Waals surface area contributed by atoms with Crippen LogP contribution in [-0.4, -0.2) is 24.1 Å². The maximum absolute atomic E-state index is 13.1. The number of amides is 2. The summed E-state index contributed by atoms with van der Waals surface area (Å²) < 4.78 is 19.0. The number of carbonyl (C=O) groups is 2. The molecule has 0 aromatic heterocycles. The number of hydrazone groups is 1. The second-order valence-corrected chi connectivity index (χ2v) is 8.33. The van der Waals surface area contributed by atoms with E-state index < -0.39 is 23.7 Å². The molecular formula is C26H25ClFN3O3. The minimum absolute atomic E-state index is 0.199. The maximum Gasteiger partial charge on any atom is 0.262 e. The van der Waals surface area contributed by atoms with E-state index in [0.717, 1.165) is 5.56 Å². The SMILES string of the molecule is CC(C)C(NC(=O)c1ccc(F)cc1)C(=O)NN=Cc1ccccc1OCc1ccc(Cl)cc1. The van der Waals surface area contributed by atoms with Gasteiger partial charge in [0.05, 0.1) is 6.21 Å². The third-order valence-corrected chi connectivity index (χ3v) is 5.20. The first-order valence-electron chi connectivity index (χ1n) is 10.7. The lowest BCUT2D eigenvalue weighted by Gasteiger charge is -2.20. The molecule has 0 fully saturated rings. The van der Waals surface area contributed by atoms with Crippen molar-refractivity contribution in [2.75, 3.05) is 0 Å². The molecule has 3 rings (SSSR count). The van der Waals surface area contributed by atoms with Gasteiger partial charge >= 0.3 is 0 Å². The maximum atomic E-state index is 13.1. The molecule has 0 bridgehead atoms. The molecular weight excluding hydrogens is 457 g/mol. The number of nitrogens with one attached hydrogen (secondary N) is 2. The molecule has 3 aromatic carbocycles.